The maximum Gasteiger partial charge on any atom is 0.281 e. The molecule has 1 fully saturated rings. The van der Waals surface area contributed by atoms with Crippen molar-refractivity contribution in [2.75, 3.05) is 26.2 Å². The van der Waals surface area contributed by atoms with Crippen LogP contribution < -0.4 is 10.1 Å². The smallest absolute Gasteiger partial charge is 0.281 e. The van der Waals surface area contributed by atoms with Gasteiger partial charge in [0.05, 0.1) is 5.56 Å². The number of fused-ring (bicyclic) bond motifs is 1. The van der Waals surface area contributed by atoms with Crippen molar-refractivity contribution in [2.45, 2.75) is 75.9 Å². The molecule has 0 radical (unpaired) electrons. The van der Waals surface area contributed by atoms with Crippen molar-refractivity contribution in [1.82, 2.24) is 20.2 Å². The van der Waals surface area contributed by atoms with Gasteiger partial charge >= 0.3 is 0 Å². The highest BCUT2D eigenvalue weighted by molar-refractivity contribution is 5.95. The van der Waals surface area contributed by atoms with Crippen LogP contribution >= 0.6 is 0 Å². The Morgan fingerprint density at radius 2 is 1.95 bits per heavy atom. The molecular formula is C27H33F5N4O2. The van der Waals surface area contributed by atoms with Crippen molar-refractivity contribution < 1.29 is 31.5 Å². The van der Waals surface area contributed by atoms with E-state index in [-0.39, 0.29) is 30.3 Å². The molecule has 2 aliphatic rings. The Bertz CT molecular complexity index is 1100. The molecule has 0 bridgehead atoms. The highest BCUT2D eigenvalue weighted by Crippen LogP contribution is 2.35. The predicted molar refractivity (Wildman–Crippen MR) is 132 cm³/mol. The lowest BCUT2D eigenvalue weighted by Crippen LogP contribution is -2.43. The summed E-state index contributed by atoms with van der Waals surface area (Å²) in [6, 6.07) is 5.94. The molecule has 0 spiro atoms. The molecule has 1 saturated carbocycles. The van der Waals surface area contributed by atoms with Gasteiger partial charge < -0.3 is 15.0 Å². The van der Waals surface area contributed by atoms with Crippen LogP contribution in [-0.2, 0) is 12.8 Å². The molecular weight excluding hydrogens is 507 g/mol. The molecule has 11 heteroatoms. The summed E-state index contributed by atoms with van der Waals surface area (Å²) in [5, 5.41) is 2.77. The first-order valence-corrected chi connectivity index (χ1v) is 13.0. The molecule has 38 heavy (non-hydrogen) atoms. The van der Waals surface area contributed by atoms with Crippen LogP contribution in [0.15, 0.2) is 30.5 Å². The number of rotatable bonds is 9. The minimum absolute atomic E-state index is 0.154. The molecule has 1 aliphatic heterocycles. The van der Waals surface area contributed by atoms with Crippen molar-refractivity contribution in [3.8, 4) is 5.88 Å². The van der Waals surface area contributed by atoms with Gasteiger partial charge in [-0.2, -0.15) is 0 Å². The maximum atomic E-state index is 15.6. The zero-order chi connectivity index (χ0) is 27.3. The van der Waals surface area contributed by atoms with E-state index in [4.69, 9.17) is 4.74 Å². The maximum absolute atomic E-state index is 15.6. The second kappa shape index (κ2) is 11.9. The van der Waals surface area contributed by atoms with Crippen LogP contribution in [0.4, 0.5) is 22.0 Å². The second-order valence-corrected chi connectivity index (χ2v) is 10.3. The minimum Gasteiger partial charge on any atom is -0.471 e. The molecule has 3 heterocycles. The Hall–Kier alpha value is -2.82. The Kier molecular flexibility index (Phi) is 8.85. The van der Waals surface area contributed by atoms with Gasteiger partial charge in [0.2, 0.25) is 5.88 Å². The van der Waals surface area contributed by atoms with Crippen molar-refractivity contribution in [3.05, 3.63) is 53.0 Å². The molecule has 0 atom stereocenters. The Labute approximate surface area is 219 Å². The third-order valence-corrected chi connectivity index (χ3v) is 7.26. The summed E-state index contributed by atoms with van der Waals surface area (Å²) in [4.78, 5) is 22.7. The van der Waals surface area contributed by atoms with Crippen LogP contribution in [0.25, 0.3) is 0 Å². The molecule has 6 nitrogen and oxygen atoms in total. The number of carbonyl (C=O) groups excluding carboxylic acids is 1. The number of nitrogens with zero attached hydrogens (tertiary/aromatic N) is 3. The number of pyridine rings is 2. The summed E-state index contributed by atoms with van der Waals surface area (Å²) < 4.78 is 73.2. The fourth-order valence-electron chi connectivity index (χ4n) is 5.05. The van der Waals surface area contributed by atoms with E-state index in [1.807, 2.05) is 6.07 Å². The monoisotopic (exact) mass is 540 g/mol. The molecule has 208 valence electrons. The first-order valence-electron chi connectivity index (χ1n) is 13.0. The lowest BCUT2D eigenvalue weighted by molar-refractivity contribution is -0.0243. The number of hydrogen-bond acceptors (Lipinski definition) is 5. The van der Waals surface area contributed by atoms with Gasteiger partial charge in [-0.25, -0.2) is 26.9 Å². The summed E-state index contributed by atoms with van der Waals surface area (Å²) in [7, 11) is 0. The van der Waals surface area contributed by atoms with E-state index >= 15 is 4.39 Å². The van der Waals surface area contributed by atoms with Gasteiger partial charge in [0.25, 0.3) is 18.3 Å². The largest absolute Gasteiger partial charge is 0.471 e. The Morgan fingerprint density at radius 3 is 2.66 bits per heavy atom. The summed E-state index contributed by atoms with van der Waals surface area (Å²) in [5.74, 6) is -3.37. The zero-order valence-corrected chi connectivity index (χ0v) is 21.4. The average Bonchev–Trinajstić information content (AvgIpc) is 3.09. The summed E-state index contributed by atoms with van der Waals surface area (Å²) in [5.41, 5.74) is -0.204. The lowest BCUT2D eigenvalue weighted by Gasteiger charge is -2.35. The molecule has 2 aromatic rings. The number of ether oxygens (including phenoxy) is 1. The van der Waals surface area contributed by atoms with E-state index in [1.54, 1.807) is 6.07 Å². The molecule has 0 unspecified atom stereocenters. The van der Waals surface area contributed by atoms with Crippen molar-refractivity contribution >= 4 is 5.91 Å². The first-order chi connectivity index (χ1) is 18.0. The second-order valence-electron chi connectivity index (χ2n) is 10.3. The van der Waals surface area contributed by atoms with Gasteiger partial charge in [-0.1, -0.05) is 6.07 Å². The van der Waals surface area contributed by atoms with Gasteiger partial charge in [-0.15, -0.1) is 0 Å². The molecule has 4 rings (SSSR count). The van der Waals surface area contributed by atoms with Crippen molar-refractivity contribution in [3.63, 3.8) is 0 Å². The molecule has 0 aromatic carbocycles. The topological polar surface area (TPSA) is 67.3 Å². The van der Waals surface area contributed by atoms with E-state index in [1.165, 1.54) is 18.3 Å². The molecule has 2 aromatic heterocycles. The first kappa shape index (κ1) is 28.2. The highest BCUT2D eigenvalue weighted by Gasteiger charge is 2.36. The number of carbonyl (C=O) groups is 1. The van der Waals surface area contributed by atoms with E-state index in [0.29, 0.717) is 38.8 Å². The number of aromatic nitrogens is 2. The Morgan fingerprint density at radius 1 is 1.21 bits per heavy atom. The van der Waals surface area contributed by atoms with Gasteiger partial charge in [0.1, 0.15) is 11.4 Å². The minimum atomic E-state index is -2.93. The van der Waals surface area contributed by atoms with E-state index < -0.39 is 36.2 Å². The van der Waals surface area contributed by atoms with Crippen LogP contribution in [-0.4, -0.2) is 64.6 Å². The predicted octanol–water partition coefficient (Wildman–Crippen LogP) is 5.32. The molecule has 0 saturated heterocycles. The third-order valence-electron chi connectivity index (χ3n) is 7.26. The number of nitrogens with one attached hydrogen (secondary N) is 1. The molecule has 1 aliphatic carbocycles. The average molecular weight is 541 g/mol. The SMILES string of the molecule is CC(F)(F)COc1ccc2c(n1)CCN(CCC1(F)CCC(NC(=O)c3cccnc3C(F)F)CC1)CC2. The van der Waals surface area contributed by atoms with Crippen molar-refractivity contribution in [2.24, 2.45) is 0 Å². The fourth-order valence-corrected chi connectivity index (χ4v) is 5.05. The quantitative estimate of drug-likeness (QED) is 0.436. The van der Waals surface area contributed by atoms with Crippen LogP contribution in [0.5, 0.6) is 5.88 Å². The van der Waals surface area contributed by atoms with Crippen LogP contribution in [0.2, 0.25) is 0 Å². The Balaban J connectivity index is 1.23. The van der Waals surface area contributed by atoms with E-state index in [2.05, 4.69) is 20.2 Å². The van der Waals surface area contributed by atoms with E-state index in [0.717, 1.165) is 31.1 Å². The number of hydrogen-bond donors (Lipinski definition) is 1. The van der Waals surface area contributed by atoms with Crippen LogP contribution in [0, 0.1) is 0 Å². The van der Waals surface area contributed by atoms with Gasteiger partial charge in [0, 0.05) is 57.0 Å². The summed E-state index contributed by atoms with van der Waals surface area (Å²) >= 11 is 0. The normalized spacial score (nSPS) is 22.6. The van der Waals surface area contributed by atoms with Gasteiger partial charge in [-0.05, 0) is 56.2 Å². The highest BCUT2D eigenvalue weighted by atomic mass is 19.3. The standard InChI is InChI=1S/C27H33F5N4O2/c1-26(30,31)17-38-22-5-4-18-8-14-36(15-9-21(18)35-22)16-12-27(32)10-6-19(7-11-27)34-25(37)20-3-2-13-33-23(20)24(28)29/h2-5,13,19,24H,6-12,14-17H2,1H3,(H,34,37). The van der Waals surface area contributed by atoms with Crippen LogP contribution in [0.1, 0.15) is 72.8 Å². The summed E-state index contributed by atoms with van der Waals surface area (Å²) in [6.07, 6.45) is 1.51. The van der Waals surface area contributed by atoms with Gasteiger partial charge in [0.15, 0.2) is 6.61 Å². The van der Waals surface area contributed by atoms with E-state index in [9.17, 15) is 22.4 Å². The van der Waals surface area contributed by atoms with Gasteiger partial charge in [-0.3, -0.25) is 9.78 Å². The number of halogens is 5. The van der Waals surface area contributed by atoms with Crippen molar-refractivity contribution in [1.29, 1.82) is 0 Å². The molecule has 1 N–H and O–H groups in total. The lowest BCUT2D eigenvalue weighted by atomic mass is 9.81. The summed E-state index contributed by atoms with van der Waals surface area (Å²) in [6.45, 7) is 2.06. The number of alkyl halides is 5. The number of amides is 1. The zero-order valence-electron chi connectivity index (χ0n) is 21.4. The third kappa shape index (κ3) is 7.61. The molecule has 1 amide bonds. The fraction of sp³-hybridized carbons (Fsp3) is 0.593. The van der Waals surface area contributed by atoms with Crippen LogP contribution in [0.3, 0.4) is 0 Å².